The number of aliphatic hydroxyl groups is 1. The van der Waals surface area contributed by atoms with E-state index in [9.17, 15) is 5.11 Å². The predicted octanol–water partition coefficient (Wildman–Crippen LogP) is 1.37. The van der Waals surface area contributed by atoms with Crippen LogP contribution in [0.25, 0.3) is 0 Å². The molecule has 1 aliphatic rings. The van der Waals surface area contributed by atoms with Gasteiger partial charge in [0.2, 0.25) is 0 Å². The van der Waals surface area contributed by atoms with Crippen LogP contribution in [0.2, 0.25) is 0 Å². The van der Waals surface area contributed by atoms with Gasteiger partial charge in [-0.1, -0.05) is 6.92 Å². The zero-order valence-electron chi connectivity index (χ0n) is 12.6. The van der Waals surface area contributed by atoms with Crippen molar-refractivity contribution < 1.29 is 5.11 Å². The molecule has 0 radical (unpaired) electrons. The van der Waals surface area contributed by atoms with Gasteiger partial charge in [-0.25, -0.2) is 15.8 Å². The van der Waals surface area contributed by atoms with E-state index >= 15 is 0 Å². The molecule has 1 aromatic heterocycles. The number of aryl methyl sites for hydroxylation is 1. The molecule has 0 amide bonds. The molecular weight excluding hydrogens is 254 g/mol. The number of hydrogen-bond acceptors (Lipinski definition) is 6. The van der Waals surface area contributed by atoms with Crippen molar-refractivity contribution in [3.63, 3.8) is 0 Å². The van der Waals surface area contributed by atoms with E-state index in [1.807, 2.05) is 13.8 Å². The molecule has 0 bridgehead atoms. The molecule has 2 heterocycles. The van der Waals surface area contributed by atoms with E-state index in [0.717, 1.165) is 49.4 Å². The van der Waals surface area contributed by atoms with Crippen molar-refractivity contribution in [2.24, 2.45) is 5.84 Å². The standard InChI is InChI=1S/C14H25N5O/c1-4-6-11-16-12(18-15)10(2)13(17-11)19-8-5-7-14(3,20)9-19/h20H,4-9,15H2,1-3H3,(H,16,17,18). The second-order valence-corrected chi connectivity index (χ2v) is 5.85. The molecule has 1 aromatic rings. The van der Waals surface area contributed by atoms with Crippen molar-refractivity contribution >= 4 is 11.6 Å². The molecule has 0 saturated carbocycles. The summed E-state index contributed by atoms with van der Waals surface area (Å²) in [6, 6.07) is 0. The molecule has 1 saturated heterocycles. The van der Waals surface area contributed by atoms with Gasteiger partial charge in [-0.15, -0.1) is 0 Å². The Morgan fingerprint density at radius 3 is 2.80 bits per heavy atom. The highest BCUT2D eigenvalue weighted by Crippen LogP contribution is 2.29. The maximum absolute atomic E-state index is 10.3. The van der Waals surface area contributed by atoms with Crippen molar-refractivity contribution in [2.45, 2.75) is 52.1 Å². The summed E-state index contributed by atoms with van der Waals surface area (Å²) in [5.41, 5.74) is 2.93. The highest BCUT2D eigenvalue weighted by Gasteiger charge is 2.30. The summed E-state index contributed by atoms with van der Waals surface area (Å²) in [4.78, 5) is 11.2. The van der Waals surface area contributed by atoms with Crippen LogP contribution in [0.3, 0.4) is 0 Å². The van der Waals surface area contributed by atoms with Gasteiger partial charge < -0.3 is 15.4 Å². The first-order chi connectivity index (χ1) is 9.46. The molecule has 2 rings (SSSR count). The van der Waals surface area contributed by atoms with Gasteiger partial charge in [0.25, 0.3) is 0 Å². The molecule has 6 nitrogen and oxygen atoms in total. The van der Waals surface area contributed by atoms with Gasteiger partial charge in [-0.05, 0) is 33.1 Å². The fourth-order valence-electron chi connectivity index (χ4n) is 2.73. The third-order valence-electron chi connectivity index (χ3n) is 3.75. The predicted molar refractivity (Wildman–Crippen MR) is 80.6 cm³/mol. The highest BCUT2D eigenvalue weighted by molar-refractivity contribution is 5.58. The highest BCUT2D eigenvalue weighted by atomic mass is 16.3. The number of nitrogens with one attached hydrogen (secondary N) is 1. The first kappa shape index (κ1) is 15.0. The second-order valence-electron chi connectivity index (χ2n) is 5.85. The molecule has 1 aliphatic heterocycles. The smallest absolute Gasteiger partial charge is 0.148 e. The van der Waals surface area contributed by atoms with E-state index in [2.05, 4.69) is 27.2 Å². The molecule has 1 fully saturated rings. The fraction of sp³-hybridized carbons (Fsp3) is 0.714. The number of anilines is 2. The van der Waals surface area contributed by atoms with Gasteiger partial charge >= 0.3 is 0 Å². The summed E-state index contributed by atoms with van der Waals surface area (Å²) in [7, 11) is 0. The number of hydrazine groups is 1. The summed E-state index contributed by atoms with van der Waals surface area (Å²) in [5.74, 6) is 7.91. The molecule has 112 valence electrons. The monoisotopic (exact) mass is 279 g/mol. The molecule has 20 heavy (non-hydrogen) atoms. The number of nitrogen functional groups attached to an aromatic ring is 1. The van der Waals surface area contributed by atoms with Gasteiger partial charge in [-0.3, -0.25) is 0 Å². The first-order valence-corrected chi connectivity index (χ1v) is 7.28. The second kappa shape index (κ2) is 5.93. The lowest BCUT2D eigenvalue weighted by Gasteiger charge is -2.38. The van der Waals surface area contributed by atoms with E-state index < -0.39 is 5.60 Å². The first-order valence-electron chi connectivity index (χ1n) is 7.28. The Morgan fingerprint density at radius 2 is 2.20 bits per heavy atom. The van der Waals surface area contributed by atoms with Crippen LogP contribution in [0.4, 0.5) is 11.6 Å². The summed E-state index contributed by atoms with van der Waals surface area (Å²) in [6.07, 6.45) is 3.61. The zero-order chi connectivity index (χ0) is 14.8. The normalized spacial score (nSPS) is 22.9. The minimum atomic E-state index is -0.656. The maximum atomic E-state index is 10.3. The summed E-state index contributed by atoms with van der Waals surface area (Å²) >= 11 is 0. The quantitative estimate of drug-likeness (QED) is 0.570. The van der Waals surface area contributed by atoms with Gasteiger partial charge in [0.05, 0.1) is 5.60 Å². The van der Waals surface area contributed by atoms with E-state index in [1.54, 1.807) is 0 Å². The van der Waals surface area contributed by atoms with E-state index in [4.69, 9.17) is 5.84 Å². The minimum absolute atomic E-state index is 0.598. The maximum Gasteiger partial charge on any atom is 0.148 e. The summed E-state index contributed by atoms with van der Waals surface area (Å²) in [6.45, 7) is 7.45. The van der Waals surface area contributed by atoms with Crippen LogP contribution in [0.15, 0.2) is 0 Å². The van der Waals surface area contributed by atoms with Gasteiger partial charge in [0.1, 0.15) is 17.5 Å². The number of β-amino-alcohol motifs (C(OH)–C–C–N with tert-alkyl or cyclic N) is 1. The zero-order valence-corrected chi connectivity index (χ0v) is 12.6. The Hall–Kier alpha value is -1.40. The molecule has 4 N–H and O–H groups in total. The van der Waals surface area contributed by atoms with E-state index in [-0.39, 0.29) is 0 Å². The Labute approximate surface area is 120 Å². The lowest BCUT2D eigenvalue weighted by atomic mass is 9.95. The van der Waals surface area contributed by atoms with E-state index in [0.29, 0.717) is 12.4 Å². The van der Waals surface area contributed by atoms with Crippen LogP contribution < -0.4 is 16.2 Å². The van der Waals surface area contributed by atoms with Gasteiger partial charge in [0.15, 0.2) is 0 Å². The largest absolute Gasteiger partial charge is 0.388 e. The van der Waals surface area contributed by atoms with Crippen molar-refractivity contribution in [3.8, 4) is 0 Å². The topological polar surface area (TPSA) is 87.3 Å². The average Bonchev–Trinajstić information content (AvgIpc) is 2.39. The van der Waals surface area contributed by atoms with Crippen LogP contribution in [0.5, 0.6) is 0 Å². The summed E-state index contributed by atoms with van der Waals surface area (Å²) in [5, 5.41) is 10.3. The molecule has 0 aromatic carbocycles. The van der Waals surface area contributed by atoms with E-state index in [1.165, 1.54) is 0 Å². The van der Waals surface area contributed by atoms with Crippen LogP contribution in [0.1, 0.15) is 44.5 Å². The van der Waals surface area contributed by atoms with Crippen molar-refractivity contribution in [2.75, 3.05) is 23.4 Å². The third kappa shape index (κ3) is 3.19. The third-order valence-corrected chi connectivity index (χ3v) is 3.75. The molecule has 6 heteroatoms. The Balaban J connectivity index is 2.36. The fourth-order valence-corrected chi connectivity index (χ4v) is 2.73. The minimum Gasteiger partial charge on any atom is -0.388 e. The number of nitrogens with zero attached hydrogens (tertiary/aromatic N) is 3. The number of rotatable bonds is 4. The molecule has 1 unspecified atom stereocenters. The number of aromatic nitrogens is 2. The molecule has 0 spiro atoms. The number of nitrogens with two attached hydrogens (primary N) is 1. The lowest BCUT2D eigenvalue weighted by Crippen LogP contribution is -2.46. The van der Waals surface area contributed by atoms with Crippen LogP contribution in [-0.2, 0) is 6.42 Å². The average molecular weight is 279 g/mol. The van der Waals surface area contributed by atoms with Crippen LogP contribution in [0, 0.1) is 6.92 Å². The van der Waals surface area contributed by atoms with Crippen molar-refractivity contribution in [3.05, 3.63) is 11.4 Å². The number of piperidine rings is 1. The van der Waals surface area contributed by atoms with Crippen LogP contribution >= 0.6 is 0 Å². The molecular formula is C14H25N5O. The Kier molecular flexibility index (Phi) is 4.45. The Bertz CT molecular complexity index is 475. The lowest BCUT2D eigenvalue weighted by molar-refractivity contribution is 0.0446. The van der Waals surface area contributed by atoms with Gasteiger partial charge in [-0.2, -0.15) is 0 Å². The summed E-state index contributed by atoms with van der Waals surface area (Å²) < 4.78 is 0. The van der Waals surface area contributed by atoms with Crippen molar-refractivity contribution in [1.29, 1.82) is 0 Å². The van der Waals surface area contributed by atoms with Crippen LogP contribution in [-0.4, -0.2) is 33.8 Å². The van der Waals surface area contributed by atoms with Crippen molar-refractivity contribution in [1.82, 2.24) is 9.97 Å². The molecule has 1 atom stereocenters. The molecule has 0 aliphatic carbocycles. The van der Waals surface area contributed by atoms with Gasteiger partial charge in [0, 0.05) is 25.1 Å². The SMILES string of the molecule is CCCc1nc(NN)c(C)c(N2CCCC(C)(O)C2)n1. The Morgan fingerprint density at radius 1 is 1.45 bits per heavy atom. The number of hydrogen-bond donors (Lipinski definition) is 3.